The molecule has 0 aromatic rings. The molecule has 11 amide bonds. The van der Waals surface area contributed by atoms with E-state index < -0.39 is 161 Å². The number of aliphatic hydroxyl groups excluding tert-OH is 1. The second-order valence-electron chi connectivity index (χ2n) is 29.7. The Labute approximate surface area is 569 Å². The van der Waals surface area contributed by atoms with Crippen LogP contribution in [-0.2, 0) is 52.7 Å². The minimum Gasteiger partial charge on any atom is -0.390 e. The number of carbonyl (C=O) groups is 11. The van der Waals surface area contributed by atoms with Crippen molar-refractivity contribution >= 4 is 65.0 Å². The van der Waals surface area contributed by atoms with Gasteiger partial charge in [-0.15, -0.1) is 0 Å². The third-order valence-corrected chi connectivity index (χ3v) is 19.9. The van der Waals surface area contributed by atoms with E-state index in [1.165, 1.54) is 119 Å². The molecule has 2 saturated heterocycles. The lowest BCUT2D eigenvalue weighted by molar-refractivity contribution is -0.157. The molecule has 2 heterocycles. The molecule has 1 unspecified atom stereocenters. The first kappa shape index (κ1) is 83.0. The Morgan fingerprint density at radius 1 is 0.474 bits per heavy atom. The molecule has 0 spiro atoms. The van der Waals surface area contributed by atoms with E-state index >= 15 is 28.8 Å². The molecule has 0 radical (unpaired) electrons. The zero-order valence-corrected chi connectivity index (χ0v) is 62.4. The lowest BCUT2D eigenvalue weighted by Crippen LogP contribution is -2.64. The van der Waals surface area contributed by atoms with Crippen LogP contribution >= 0.6 is 0 Å². The molecule has 0 bridgehead atoms. The molecule has 2 aliphatic heterocycles. The molecule has 542 valence electrons. The van der Waals surface area contributed by atoms with Crippen molar-refractivity contribution in [2.24, 2.45) is 41.4 Å². The Hall–Kier alpha value is -6.21. The van der Waals surface area contributed by atoms with Crippen molar-refractivity contribution < 1.29 is 57.8 Å². The van der Waals surface area contributed by atoms with Gasteiger partial charge in [0.2, 0.25) is 65.0 Å². The van der Waals surface area contributed by atoms with Crippen LogP contribution < -0.4 is 21.3 Å². The van der Waals surface area contributed by atoms with Crippen molar-refractivity contribution in [3.8, 4) is 0 Å². The van der Waals surface area contributed by atoms with Gasteiger partial charge in [0.05, 0.1) is 6.10 Å². The lowest BCUT2D eigenvalue weighted by atomic mass is 9.91. The number of hydrogen-bond donors (Lipinski definition) is 5. The molecule has 1 saturated carbocycles. The highest BCUT2D eigenvalue weighted by molar-refractivity contribution is 6.00. The van der Waals surface area contributed by atoms with Gasteiger partial charge in [0.15, 0.2) is 0 Å². The summed E-state index contributed by atoms with van der Waals surface area (Å²) in [6.07, 6.45) is 6.41. The number of piperazine rings is 1. The van der Waals surface area contributed by atoms with E-state index in [1.807, 2.05) is 61.5 Å². The van der Waals surface area contributed by atoms with Crippen LogP contribution in [0.15, 0.2) is 12.2 Å². The quantitative estimate of drug-likeness (QED) is 0.131. The summed E-state index contributed by atoms with van der Waals surface area (Å²) in [6.45, 7) is 33.3. The number of likely N-dealkylation sites (N-methyl/N-ethyl adjacent to an activating group) is 7. The Kier molecular flexibility index (Phi) is 32.8. The van der Waals surface area contributed by atoms with E-state index in [4.69, 9.17) is 0 Å². The van der Waals surface area contributed by atoms with Gasteiger partial charge in [-0.3, -0.25) is 57.6 Å². The normalized spacial score (nSPS) is 28.7. The van der Waals surface area contributed by atoms with E-state index in [0.717, 1.165) is 31.1 Å². The summed E-state index contributed by atoms with van der Waals surface area (Å²) in [7, 11) is 10.1. The molecule has 0 aromatic carbocycles. The molecule has 25 nitrogen and oxygen atoms in total. The highest BCUT2D eigenvalue weighted by Crippen LogP contribution is 2.28. The number of rotatable bonds is 17. The number of carbonyl (C=O) groups excluding carboxylic acids is 11. The second-order valence-corrected chi connectivity index (χ2v) is 29.7. The molecular weight excluding hydrogens is 1210 g/mol. The SMILES string of the molecule is C/C=C/C[C@@H](C)[C@@H](O)[C@H]1C(=O)N[C@@H](CC)C(=O)N(C)[C@H](C)C(=O)N(C)C([C@@H](C)CN2CCN(C3CCC3)CC2)C(=O)N[C@@H](C(C)C)C(=O)N(C)[C@@H](CC(C)C)C(=O)N[C@@H](C)C(=O)N[C@H](C)C(=O)N(C)[C@@H](CC(C)C)C(=O)N(C)[C@@H](CC(C)C)C(=O)N(C)[C@@H](C(C)C)C(=O)N1C. The number of nitrogens with one attached hydrogen (secondary N) is 4. The predicted molar refractivity (Wildman–Crippen MR) is 368 cm³/mol. The third kappa shape index (κ3) is 21.9. The first-order chi connectivity index (χ1) is 44.2. The molecule has 25 heteroatoms. The topological polar surface area (TPSA) is 285 Å². The molecule has 3 fully saturated rings. The van der Waals surface area contributed by atoms with Crippen molar-refractivity contribution in [2.75, 3.05) is 82.1 Å². The van der Waals surface area contributed by atoms with E-state index in [0.29, 0.717) is 19.0 Å². The predicted octanol–water partition coefficient (Wildman–Crippen LogP) is 3.42. The van der Waals surface area contributed by atoms with Crippen LogP contribution in [0.2, 0.25) is 0 Å². The zero-order valence-electron chi connectivity index (χ0n) is 62.4. The van der Waals surface area contributed by atoms with Gasteiger partial charge in [-0.05, 0) is 114 Å². The van der Waals surface area contributed by atoms with E-state index in [9.17, 15) is 29.1 Å². The Bertz CT molecular complexity index is 2640. The van der Waals surface area contributed by atoms with Gasteiger partial charge in [-0.1, -0.05) is 109 Å². The van der Waals surface area contributed by atoms with Crippen LogP contribution in [0.1, 0.15) is 169 Å². The number of hydrogen-bond acceptors (Lipinski definition) is 14. The number of nitrogens with zero attached hydrogens (tertiary/aromatic N) is 9. The zero-order chi connectivity index (χ0) is 72.5. The molecule has 1 aliphatic carbocycles. The van der Waals surface area contributed by atoms with Gasteiger partial charge in [-0.25, -0.2) is 0 Å². The third-order valence-electron chi connectivity index (χ3n) is 19.9. The molecule has 14 atom stereocenters. The molecule has 3 aliphatic rings. The lowest BCUT2D eigenvalue weighted by Gasteiger charge is -2.44. The summed E-state index contributed by atoms with van der Waals surface area (Å²) < 4.78 is 0. The fourth-order valence-electron chi connectivity index (χ4n) is 13.4. The molecule has 0 aromatic heterocycles. The Morgan fingerprint density at radius 2 is 0.937 bits per heavy atom. The van der Waals surface area contributed by atoms with Crippen LogP contribution in [-0.4, -0.2) is 275 Å². The maximum atomic E-state index is 15.3. The smallest absolute Gasteiger partial charge is 0.246 e. The van der Waals surface area contributed by atoms with E-state index in [2.05, 4.69) is 31.1 Å². The van der Waals surface area contributed by atoms with E-state index in [-0.39, 0.29) is 43.4 Å². The average Bonchev–Trinajstić information content (AvgIpc) is 0.811. The summed E-state index contributed by atoms with van der Waals surface area (Å²) in [5.41, 5.74) is 0. The van der Waals surface area contributed by atoms with Crippen LogP contribution in [0.25, 0.3) is 0 Å². The van der Waals surface area contributed by atoms with Crippen LogP contribution in [0.3, 0.4) is 0 Å². The monoisotopic (exact) mass is 1340 g/mol. The maximum Gasteiger partial charge on any atom is 0.246 e. The fourth-order valence-corrected chi connectivity index (χ4v) is 13.4. The summed E-state index contributed by atoms with van der Waals surface area (Å²) in [6, 6.07) is -13.2. The van der Waals surface area contributed by atoms with Crippen molar-refractivity contribution in [2.45, 2.75) is 248 Å². The Morgan fingerprint density at radius 3 is 1.41 bits per heavy atom. The van der Waals surface area contributed by atoms with Crippen molar-refractivity contribution in [3.05, 3.63) is 12.2 Å². The average molecular weight is 1340 g/mol. The van der Waals surface area contributed by atoms with Crippen LogP contribution in [0.5, 0.6) is 0 Å². The van der Waals surface area contributed by atoms with Gasteiger partial charge in [0, 0.05) is 88.1 Å². The summed E-state index contributed by atoms with van der Waals surface area (Å²) in [5.74, 6) is -10.1. The van der Waals surface area contributed by atoms with Gasteiger partial charge < -0.3 is 65.6 Å². The first-order valence-electron chi connectivity index (χ1n) is 35.0. The van der Waals surface area contributed by atoms with Crippen molar-refractivity contribution in [1.82, 2.24) is 65.4 Å². The van der Waals surface area contributed by atoms with Crippen molar-refractivity contribution in [3.63, 3.8) is 0 Å². The molecule has 5 N–H and O–H groups in total. The number of aliphatic hydroxyl groups is 1. The second kappa shape index (κ2) is 37.5. The van der Waals surface area contributed by atoms with E-state index in [1.54, 1.807) is 47.6 Å². The van der Waals surface area contributed by atoms with Crippen LogP contribution in [0.4, 0.5) is 0 Å². The molecular formula is C70H125N13O12. The minimum absolute atomic E-state index is 0.0134. The van der Waals surface area contributed by atoms with Gasteiger partial charge in [0.1, 0.15) is 66.5 Å². The molecule has 95 heavy (non-hydrogen) atoms. The summed E-state index contributed by atoms with van der Waals surface area (Å²) in [5, 5.41) is 23.5. The largest absolute Gasteiger partial charge is 0.390 e. The van der Waals surface area contributed by atoms with Gasteiger partial charge >= 0.3 is 0 Å². The standard InChI is InChI=1S/C70H125N13O12/c1-25-27-29-45(13)59(84)58-63(88)73-51(26-2)66(91)75(18)49(17)65(90)80(23)57(46(14)39-82-32-34-83(35-33-82)50-30-28-31-50)62(87)74-55(43(9)10)69(94)76(19)52(36-40(3)4)61(86)71-47(15)60(85)72-48(16)64(89)77(20)53(37-41(5)6)67(92)78(21)54(38-42(7)8)68(93)79(22)56(44(11)12)70(95)81(58)24/h25,27,40-59,84H,26,28-39H2,1-24H3,(H,71,86)(H,72,85)(H,73,88)(H,74,87)/b27-25+/t45-,46+,47+,48-,49-,51+,52+,53+,54+,55+,56+,57?,58+,59-/m1/s1. The maximum absolute atomic E-state index is 15.3. The molecule has 3 rings (SSSR count). The number of amides is 11. The minimum atomic E-state index is -1.62. The van der Waals surface area contributed by atoms with Crippen molar-refractivity contribution in [1.29, 1.82) is 0 Å². The highest BCUT2D eigenvalue weighted by atomic mass is 16.3. The fraction of sp³-hybridized carbons (Fsp3) is 0.814. The first-order valence-corrected chi connectivity index (χ1v) is 35.0. The summed E-state index contributed by atoms with van der Waals surface area (Å²) in [4.78, 5) is 177. The summed E-state index contributed by atoms with van der Waals surface area (Å²) >= 11 is 0. The highest BCUT2D eigenvalue weighted by Gasteiger charge is 2.47. The van der Waals surface area contributed by atoms with Gasteiger partial charge in [0.25, 0.3) is 0 Å². The van der Waals surface area contributed by atoms with Crippen LogP contribution in [0, 0.1) is 41.4 Å². The Balaban J connectivity index is 2.33. The van der Waals surface area contributed by atoms with Gasteiger partial charge in [-0.2, -0.15) is 0 Å². The number of allylic oxidation sites excluding steroid dienone is 2.